The third-order valence-corrected chi connectivity index (χ3v) is 3.04. The van der Waals surface area contributed by atoms with Crippen LogP contribution in [-0.2, 0) is 9.47 Å². The zero-order valence-corrected chi connectivity index (χ0v) is 8.61. The fourth-order valence-electron chi connectivity index (χ4n) is 0.990. The van der Waals surface area contributed by atoms with Crippen molar-refractivity contribution >= 4 is 10.0 Å². The van der Waals surface area contributed by atoms with E-state index >= 15 is 0 Å². The Bertz CT molecular complexity index is 123. The second-order valence-electron chi connectivity index (χ2n) is 3.99. The van der Waals surface area contributed by atoms with Crippen molar-refractivity contribution in [3.8, 4) is 0 Å². The van der Waals surface area contributed by atoms with Gasteiger partial charge in [0.15, 0.2) is 5.62 Å². The molecule has 0 aromatic carbocycles. The molecule has 0 radical (unpaired) electrons. The summed E-state index contributed by atoms with van der Waals surface area (Å²) in [5.74, 6) is 0.563. The Morgan fingerprint density at radius 1 is 1.09 bits per heavy atom. The predicted octanol–water partition coefficient (Wildman–Crippen LogP) is 1.65. The Labute approximate surface area is 70.6 Å². The van der Waals surface area contributed by atoms with E-state index in [1.807, 2.05) is 0 Å². The van der Waals surface area contributed by atoms with Gasteiger partial charge in [0.05, 0.1) is 13.2 Å². The summed E-state index contributed by atoms with van der Waals surface area (Å²) in [6.07, 6.45) is 6.65. The lowest BCUT2D eigenvalue weighted by molar-refractivity contribution is -0.148. The van der Waals surface area contributed by atoms with E-state index in [0.717, 1.165) is 13.2 Å². The molecule has 3 heteroatoms. The molecule has 0 spiro atoms. The van der Waals surface area contributed by atoms with Crippen LogP contribution in [0.15, 0.2) is 0 Å². The Morgan fingerprint density at radius 2 is 1.55 bits per heavy atom. The average molecular weight is 178 g/mol. The second kappa shape index (κ2) is 3.33. The van der Waals surface area contributed by atoms with Gasteiger partial charge < -0.3 is 9.47 Å². The SMILES string of the molecule is CC1COC(S(C)(C)C)OC1. The van der Waals surface area contributed by atoms with Crippen LogP contribution in [0.25, 0.3) is 0 Å². The Kier molecular flexibility index (Phi) is 2.84. The molecule has 0 aromatic heterocycles. The minimum Gasteiger partial charge on any atom is -0.344 e. The Hall–Kier alpha value is 0.270. The highest BCUT2D eigenvalue weighted by Crippen LogP contribution is 2.43. The molecule has 0 aromatic rings. The van der Waals surface area contributed by atoms with Crippen molar-refractivity contribution < 1.29 is 9.47 Å². The van der Waals surface area contributed by atoms with Gasteiger partial charge in [-0.05, 0) is 18.8 Å². The van der Waals surface area contributed by atoms with E-state index in [2.05, 4.69) is 25.7 Å². The first-order valence-electron chi connectivity index (χ1n) is 3.90. The molecule has 1 aliphatic heterocycles. The highest BCUT2D eigenvalue weighted by molar-refractivity contribution is 8.32. The molecule has 0 N–H and O–H groups in total. The molecular weight excluding hydrogens is 160 g/mol. The molecule has 0 bridgehead atoms. The van der Waals surface area contributed by atoms with E-state index in [0.29, 0.717) is 5.92 Å². The van der Waals surface area contributed by atoms with Gasteiger partial charge in [-0.25, -0.2) is 0 Å². The molecule has 1 saturated heterocycles. The molecule has 0 amide bonds. The maximum absolute atomic E-state index is 5.57. The largest absolute Gasteiger partial charge is 0.344 e. The summed E-state index contributed by atoms with van der Waals surface area (Å²) in [5.41, 5.74) is 0.0682. The zero-order chi connectivity index (χ0) is 8.48. The van der Waals surface area contributed by atoms with Crippen LogP contribution in [0, 0.1) is 5.92 Å². The standard InChI is InChI=1S/C8H18O2S/c1-7-5-9-8(10-6-7)11(2,3)4/h7-8H,5-6H2,1-4H3. The van der Waals surface area contributed by atoms with Crippen LogP contribution in [0.1, 0.15) is 6.92 Å². The summed E-state index contributed by atoms with van der Waals surface area (Å²) in [5, 5.41) is 0. The Morgan fingerprint density at radius 3 is 1.91 bits per heavy atom. The van der Waals surface area contributed by atoms with Gasteiger partial charge in [-0.3, -0.25) is 0 Å². The molecular formula is C8H18O2S. The third kappa shape index (κ3) is 2.65. The van der Waals surface area contributed by atoms with Gasteiger partial charge in [0.2, 0.25) is 0 Å². The predicted molar refractivity (Wildman–Crippen MR) is 50.2 cm³/mol. The smallest absolute Gasteiger partial charge is 0.190 e. The first-order chi connectivity index (χ1) is 5.00. The van der Waals surface area contributed by atoms with E-state index < -0.39 is 10.0 Å². The third-order valence-electron chi connectivity index (χ3n) is 1.61. The quantitative estimate of drug-likeness (QED) is 0.608. The fraction of sp³-hybridized carbons (Fsp3) is 1.00. The maximum Gasteiger partial charge on any atom is 0.190 e. The van der Waals surface area contributed by atoms with Gasteiger partial charge in [0.25, 0.3) is 0 Å². The topological polar surface area (TPSA) is 18.5 Å². The monoisotopic (exact) mass is 178 g/mol. The molecule has 0 aliphatic carbocycles. The van der Waals surface area contributed by atoms with Crippen molar-refractivity contribution in [1.82, 2.24) is 0 Å². The van der Waals surface area contributed by atoms with E-state index in [-0.39, 0.29) is 5.62 Å². The highest BCUT2D eigenvalue weighted by Gasteiger charge is 2.26. The van der Waals surface area contributed by atoms with Gasteiger partial charge in [0.1, 0.15) is 0 Å². The molecule has 11 heavy (non-hydrogen) atoms. The van der Waals surface area contributed by atoms with Crippen molar-refractivity contribution in [2.75, 3.05) is 32.0 Å². The van der Waals surface area contributed by atoms with Crippen LogP contribution >= 0.6 is 10.0 Å². The van der Waals surface area contributed by atoms with E-state index in [9.17, 15) is 0 Å². The zero-order valence-electron chi connectivity index (χ0n) is 7.79. The number of hydrogen-bond acceptors (Lipinski definition) is 2. The van der Waals surface area contributed by atoms with Gasteiger partial charge in [-0.1, -0.05) is 6.92 Å². The fourth-order valence-corrected chi connectivity index (χ4v) is 1.96. The number of hydrogen-bond donors (Lipinski definition) is 0. The molecule has 0 atom stereocenters. The van der Waals surface area contributed by atoms with Crippen LogP contribution in [0.5, 0.6) is 0 Å². The lowest BCUT2D eigenvalue weighted by atomic mass is 10.2. The van der Waals surface area contributed by atoms with Crippen LogP contribution in [0.2, 0.25) is 0 Å². The molecule has 0 saturated carbocycles. The van der Waals surface area contributed by atoms with Crippen molar-refractivity contribution in [1.29, 1.82) is 0 Å². The normalized spacial score (nSPS) is 35.3. The second-order valence-corrected chi connectivity index (χ2v) is 8.24. The molecule has 68 valence electrons. The maximum atomic E-state index is 5.57. The summed E-state index contributed by atoms with van der Waals surface area (Å²) >= 11 is 0. The van der Waals surface area contributed by atoms with Crippen LogP contribution in [-0.4, -0.2) is 37.6 Å². The minimum atomic E-state index is -0.694. The Balaban J connectivity index is 2.39. The average Bonchev–Trinajstić information content (AvgIpc) is 1.86. The first kappa shape index (κ1) is 9.36. The van der Waals surface area contributed by atoms with Crippen molar-refractivity contribution in [2.24, 2.45) is 5.92 Å². The number of ether oxygens (including phenoxy) is 2. The van der Waals surface area contributed by atoms with Crippen molar-refractivity contribution in [3.05, 3.63) is 0 Å². The summed E-state index contributed by atoms with van der Waals surface area (Å²) in [6, 6.07) is 0. The van der Waals surface area contributed by atoms with E-state index in [1.165, 1.54) is 0 Å². The lowest BCUT2D eigenvalue weighted by Crippen LogP contribution is -2.33. The first-order valence-corrected chi connectivity index (χ1v) is 6.82. The van der Waals surface area contributed by atoms with E-state index in [1.54, 1.807) is 0 Å². The van der Waals surface area contributed by atoms with Crippen LogP contribution in [0.3, 0.4) is 0 Å². The van der Waals surface area contributed by atoms with Crippen LogP contribution in [0.4, 0.5) is 0 Å². The highest BCUT2D eigenvalue weighted by atomic mass is 32.3. The molecule has 1 aliphatic rings. The van der Waals surface area contributed by atoms with Crippen molar-refractivity contribution in [2.45, 2.75) is 12.5 Å². The minimum absolute atomic E-state index is 0.0682. The molecule has 1 rings (SSSR count). The molecule has 2 nitrogen and oxygen atoms in total. The van der Waals surface area contributed by atoms with Gasteiger partial charge in [-0.15, -0.1) is 0 Å². The summed E-state index contributed by atoms with van der Waals surface area (Å²) in [6.45, 7) is 3.86. The molecule has 1 fully saturated rings. The van der Waals surface area contributed by atoms with Gasteiger partial charge in [0, 0.05) is 5.92 Å². The lowest BCUT2D eigenvalue weighted by Gasteiger charge is -2.39. The summed E-state index contributed by atoms with van der Waals surface area (Å²) < 4.78 is 11.1. The molecule has 0 unspecified atom stereocenters. The van der Waals surface area contributed by atoms with Crippen LogP contribution < -0.4 is 0 Å². The number of rotatable bonds is 1. The molecule has 1 heterocycles. The van der Waals surface area contributed by atoms with E-state index in [4.69, 9.17) is 9.47 Å². The summed E-state index contributed by atoms with van der Waals surface area (Å²) in [4.78, 5) is 0. The van der Waals surface area contributed by atoms with Crippen molar-refractivity contribution in [3.63, 3.8) is 0 Å². The van der Waals surface area contributed by atoms with Gasteiger partial charge in [-0.2, -0.15) is 10.0 Å². The summed E-state index contributed by atoms with van der Waals surface area (Å²) in [7, 11) is -0.694. The van der Waals surface area contributed by atoms with Gasteiger partial charge >= 0.3 is 0 Å².